The van der Waals surface area contributed by atoms with E-state index in [1.807, 2.05) is 9.80 Å². The Balaban J connectivity index is 0.00000182. The molecule has 5 atom stereocenters. The zero-order chi connectivity index (χ0) is 16.7. The first-order chi connectivity index (χ1) is 11.6. The molecule has 2 saturated carbocycles. The maximum atomic E-state index is 13.0. The maximum absolute atomic E-state index is 13.0. The highest BCUT2D eigenvalue weighted by Gasteiger charge is 2.50. The lowest BCUT2D eigenvalue weighted by atomic mass is 9.83. The fraction of sp³-hybridized carbons (Fsp3) is 0.889. The van der Waals surface area contributed by atoms with Crippen molar-refractivity contribution >= 4 is 24.2 Å². The molecule has 0 aromatic rings. The van der Waals surface area contributed by atoms with E-state index in [1.54, 1.807) is 0 Å². The third-order valence-corrected chi connectivity index (χ3v) is 6.67. The summed E-state index contributed by atoms with van der Waals surface area (Å²) >= 11 is 0. The van der Waals surface area contributed by atoms with Crippen LogP contribution < -0.4 is 5.73 Å². The van der Waals surface area contributed by atoms with E-state index in [4.69, 9.17) is 10.5 Å². The van der Waals surface area contributed by atoms with Gasteiger partial charge in [-0.2, -0.15) is 0 Å². The SMILES string of the molecule is Cl.NC1C2CCC(C2)C1C(=O)N1CCCC(C(=O)N2CCOCC2)C1. The summed E-state index contributed by atoms with van der Waals surface area (Å²) < 4.78 is 5.33. The molecule has 4 fully saturated rings. The summed E-state index contributed by atoms with van der Waals surface area (Å²) in [5.74, 6) is 1.39. The van der Waals surface area contributed by atoms with Gasteiger partial charge in [0.05, 0.1) is 25.0 Å². The number of amides is 2. The van der Waals surface area contributed by atoms with E-state index in [2.05, 4.69) is 0 Å². The fourth-order valence-electron chi connectivity index (χ4n) is 5.33. The van der Waals surface area contributed by atoms with E-state index in [0.717, 1.165) is 32.2 Å². The molecule has 2 amide bonds. The third-order valence-electron chi connectivity index (χ3n) is 6.67. The number of morpholine rings is 1. The van der Waals surface area contributed by atoms with Crippen LogP contribution in [-0.2, 0) is 14.3 Å². The van der Waals surface area contributed by atoms with Gasteiger partial charge in [0.25, 0.3) is 0 Å². The Hall–Kier alpha value is -0.850. The Morgan fingerprint density at radius 1 is 0.920 bits per heavy atom. The minimum atomic E-state index is -0.0457. The molecule has 0 spiro atoms. The predicted molar refractivity (Wildman–Crippen MR) is 96.2 cm³/mol. The first-order valence-electron chi connectivity index (χ1n) is 9.56. The molecule has 6 nitrogen and oxygen atoms in total. The van der Waals surface area contributed by atoms with Gasteiger partial charge in [0.1, 0.15) is 0 Å². The van der Waals surface area contributed by atoms with Crippen LogP contribution in [0.15, 0.2) is 0 Å². The number of piperidine rings is 1. The largest absolute Gasteiger partial charge is 0.378 e. The third kappa shape index (κ3) is 3.53. The summed E-state index contributed by atoms with van der Waals surface area (Å²) in [7, 11) is 0. The molecule has 0 aromatic heterocycles. The number of hydrogen-bond acceptors (Lipinski definition) is 4. The minimum absolute atomic E-state index is 0. The molecule has 2 bridgehead atoms. The Morgan fingerprint density at radius 2 is 1.64 bits per heavy atom. The highest BCUT2D eigenvalue weighted by molar-refractivity contribution is 5.85. The average Bonchev–Trinajstić information content (AvgIpc) is 3.22. The molecule has 2 saturated heterocycles. The Kier molecular flexibility index (Phi) is 5.91. The second kappa shape index (κ2) is 7.80. The first-order valence-corrected chi connectivity index (χ1v) is 9.56. The van der Waals surface area contributed by atoms with Crippen molar-refractivity contribution in [2.45, 2.75) is 38.1 Å². The number of nitrogens with zero attached hydrogens (tertiary/aromatic N) is 2. The van der Waals surface area contributed by atoms with E-state index >= 15 is 0 Å². The quantitative estimate of drug-likeness (QED) is 0.781. The Morgan fingerprint density at radius 3 is 2.32 bits per heavy atom. The Bertz CT molecular complexity index is 510. The number of ether oxygens (including phenoxy) is 1. The van der Waals surface area contributed by atoms with Crippen LogP contribution in [0.4, 0.5) is 0 Å². The second-order valence-electron chi connectivity index (χ2n) is 8.00. The molecule has 0 radical (unpaired) electrons. The number of fused-ring (bicyclic) bond motifs is 2. The van der Waals surface area contributed by atoms with E-state index in [0.29, 0.717) is 44.7 Å². The van der Waals surface area contributed by atoms with Gasteiger partial charge < -0.3 is 20.3 Å². The van der Waals surface area contributed by atoms with E-state index in [1.165, 1.54) is 6.42 Å². The molecule has 142 valence electrons. The lowest BCUT2D eigenvalue weighted by Crippen LogP contribution is -2.53. The van der Waals surface area contributed by atoms with Crippen LogP contribution in [0.2, 0.25) is 0 Å². The van der Waals surface area contributed by atoms with Gasteiger partial charge in [0, 0.05) is 32.2 Å². The number of nitrogens with two attached hydrogens (primary N) is 1. The maximum Gasteiger partial charge on any atom is 0.227 e. The lowest BCUT2D eigenvalue weighted by molar-refractivity contribution is -0.146. The highest BCUT2D eigenvalue weighted by Crippen LogP contribution is 2.48. The van der Waals surface area contributed by atoms with Crippen molar-refractivity contribution in [2.75, 3.05) is 39.4 Å². The zero-order valence-electron chi connectivity index (χ0n) is 14.8. The van der Waals surface area contributed by atoms with Crippen LogP contribution in [0.5, 0.6) is 0 Å². The van der Waals surface area contributed by atoms with Crippen molar-refractivity contribution < 1.29 is 14.3 Å². The van der Waals surface area contributed by atoms with Crippen molar-refractivity contribution in [1.29, 1.82) is 0 Å². The number of halogens is 1. The number of carbonyl (C=O) groups excluding carboxylic acids is 2. The van der Waals surface area contributed by atoms with Crippen molar-refractivity contribution in [3.05, 3.63) is 0 Å². The van der Waals surface area contributed by atoms with Gasteiger partial charge in [0.2, 0.25) is 11.8 Å². The number of hydrogen-bond donors (Lipinski definition) is 1. The van der Waals surface area contributed by atoms with Crippen LogP contribution >= 0.6 is 12.4 Å². The Labute approximate surface area is 155 Å². The molecule has 4 rings (SSSR count). The van der Waals surface area contributed by atoms with Crippen molar-refractivity contribution in [3.63, 3.8) is 0 Å². The lowest BCUT2D eigenvalue weighted by Gasteiger charge is -2.39. The summed E-state index contributed by atoms with van der Waals surface area (Å²) in [5, 5.41) is 0. The monoisotopic (exact) mass is 371 g/mol. The molecule has 2 N–H and O–H groups in total. The van der Waals surface area contributed by atoms with Crippen LogP contribution in [-0.4, -0.2) is 67.0 Å². The molecule has 7 heteroatoms. The molecule has 0 aromatic carbocycles. The molecule has 2 aliphatic carbocycles. The topological polar surface area (TPSA) is 75.9 Å². The van der Waals surface area contributed by atoms with Crippen molar-refractivity contribution in [2.24, 2.45) is 29.4 Å². The molecular formula is C18H30ClN3O3. The van der Waals surface area contributed by atoms with Crippen LogP contribution in [0.25, 0.3) is 0 Å². The molecule has 25 heavy (non-hydrogen) atoms. The van der Waals surface area contributed by atoms with Crippen LogP contribution in [0.1, 0.15) is 32.1 Å². The molecule has 2 aliphatic heterocycles. The summed E-state index contributed by atoms with van der Waals surface area (Å²) in [6.07, 6.45) is 5.28. The summed E-state index contributed by atoms with van der Waals surface area (Å²) in [4.78, 5) is 29.6. The molecule has 2 heterocycles. The fourth-order valence-corrected chi connectivity index (χ4v) is 5.33. The standard InChI is InChI=1S/C18H29N3O3.ClH/c19-16-13-4-3-12(10-13)15(16)18(23)21-5-1-2-14(11-21)17(22)20-6-8-24-9-7-20;/h12-16H,1-11,19H2;1H. The smallest absolute Gasteiger partial charge is 0.227 e. The number of rotatable bonds is 2. The van der Waals surface area contributed by atoms with Gasteiger partial charge in [-0.05, 0) is 43.9 Å². The van der Waals surface area contributed by atoms with Crippen molar-refractivity contribution in [3.8, 4) is 0 Å². The van der Waals surface area contributed by atoms with E-state index < -0.39 is 0 Å². The van der Waals surface area contributed by atoms with Gasteiger partial charge in [-0.25, -0.2) is 0 Å². The van der Waals surface area contributed by atoms with Gasteiger partial charge >= 0.3 is 0 Å². The number of carbonyl (C=O) groups is 2. The second-order valence-corrected chi connectivity index (χ2v) is 8.00. The average molecular weight is 372 g/mol. The first kappa shape index (κ1) is 18.9. The van der Waals surface area contributed by atoms with Crippen molar-refractivity contribution in [1.82, 2.24) is 9.80 Å². The van der Waals surface area contributed by atoms with Gasteiger partial charge in [-0.3, -0.25) is 9.59 Å². The summed E-state index contributed by atoms with van der Waals surface area (Å²) in [5.41, 5.74) is 6.35. The van der Waals surface area contributed by atoms with Gasteiger partial charge in [-0.1, -0.05) is 0 Å². The predicted octanol–water partition coefficient (Wildman–Crippen LogP) is 0.879. The highest BCUT2D eigenvalue weighted by atomic mass is 35.5. The summed E-state index contributed by atoms with van der Waals surface area (Å²) in [6, 6.07) is 0.0339. The molecule has 5 unspecified atom stereocenters. The zero-order valence-corrected chi connectivity index (χ0v) is 15.6. The molecule has 4 aliphatic rings. The summed E-state index contributed by atoms with van der Waals surface area (Å²) in [6.45, 7) is 3.98. The van der Waals surface area contributed by atoms with Crippen LogP contribution in [0, 0.1) is 23.7 Å². The van der Waals surface area contributed by atoms with Gasteiger partial charge in [-0.15, -0.1) is 12.4 Å². The normalized spacial score (nSPS) is 37.7. The van der Waals surface area contributed by atoms with E-state index in [9.17, 15) is 9.59 Å². The molecular weight excluding hydrogens is 342 g/mol. The van der Waals surface area contributed by atoms with E-state index in [-0.39, 0.29) is 42.1 Å². The van der Waals surface area contributed by atoms with Crippen LogP contribution in [0.3, 0.4) is 0 Å². The number of likely N-dealkylation sites (tertiary alicyclic amines) is 1. The van der Waals surface area contributed by atoms with Gasteiger partial charge in [0.15, 0.2) is 0 Å². The minimum Gasteiger partial charge on any atom is -0.378 e.